The van der Waals surface area contributed by atoms with E-state index in [1.54, 1.807) is 31.4 Å². The van der Waals surface area contributed by atoms with Crippen molar-refractivity contribution in [3.63, 3.8) is 0 Å². The second kappa shape index (κ2) is 11.8. The van der Waals surface area contributed by atoms with Crippen LogP contribution in [0.1, 0.15) is 11.1 Å². The average molecular weight is 498 g/mol. The predicted octanol–water partition coefficient (Wildman–Crippen LogP) is 4.13. The van der Waals surface area contributed by atoms with Crippen molar-refractivity contribution >= 4 is 40.7 Å². The molecule has 1 aliphatic heterocycles. The van der Waals surface area contributed by atoms with E-state index in [2.05, 4.69) is 37.6 Å². The number of anilines is 4. The van der Waals surface area contributed by atoms with Gasteiger partial charge in [0.15, 0.2) is 12.4 Å². The molecule has 0 fully saturated rings. The van der Waals surface area contributed by atoms with Gasteiger partial charge in [0.25, 0.3) is 0 Å². The number of para-hydroxylation sites is 2. The number of carbonyl (C=O) groups is 1. The molecule has 1 aliphatic rings. The van der Waals surface area contributed by atoms with Crippen molar-refractivity contribution in [3.05, 3.63) is 64.8 Å². The van der Waals surface area contributed by atoms with Crippen LogP contribution in [0.15, 0.2) is 48.7 Å². The van der Waals surface area contributed by atoms with Crippen molar-refractivity contribution in [2.75, 3.05) is 50.6 Å². The summed E-state index contributed by atoms with van der Waals surface area (Å²) in [6.07, 6.45) is 3.49. The smallest absolute Gasteiger partial charge is 0.341 e. The summed E-state index contributed by atoms with van der Waals surface area (Å²) in [6.45, 7) is 3.24. The summed E-state index contributed by atoms with van der Waals surface area (Å²) >= 11 is 6.33. The number of methoxy groups -OCH3 is 1. The molecule has 0 amide bonds. The van der Waals surface area contributed by atoms with Gasteiger partial charge >= 0.3 is 5.97 Å². The number of aromatic nitrogens is 2. The fraction of sp³-hybridized carbons (Fsp3) is 0.320. The molecule has 9 nitrogen and oxygen atoms in total. The molecular formula is C25H28ClN5O4. The summed E-state index contributed by atoms with van der Waals surface area (Å²) in [5.41, 5.74) is 4.11. The van der Waals surface area contributed by atoms with Crippen LogP contribution in [-0.4, -0.2) is 65.9 Å². The summed E-state index contributed by atoms with van der Waals surface area (Å²) in [5, 5.41) is 15.6. The van der Waals surface area contributed by atoms with Crippen molar-refractivity contribution in [2.24, 2.45) is 0 Å². The van der Waals surface area contributed by atoms with Crippen LogP contribution in [0, 0.1) is 0 Å². The number of halogens is 1. The highest BCUT2D eigenvalue weighted by Gasteiger charge is 2.15. The van der Waals surface area contributed by atoms with Crippen molar-refractivity contribution < 1.29 is 19.4 Å². The van der Waals surface area contributed by atoms with Gasteiger partial charge in [0.05, 0.1) is 18.5 Å². The third-order valence-electron chi connectivity index (χ3n) is 5.70. The Bertz CT molecular complexity index is 1180. The number of carboxylic acids is 1. The molecule has 2 aromatic carbocycles. The lowest BCUT2D eigenvalue weighted by molar-refractivity contribution is -0.139. The summed E-state index contributed by atoms with van der Waals surface area (Å²) in [6, 6.07) is 13.3. The minimum Gasteiger partial charge on any atom is -0.480 e. The van der Waals surface area contributed by atoms with E-state index in [9.17, 15) is 4.79 Å². The topological polar surface area (TPSA) is 109 Å². The van der Waals surface area contributed by atoms with Crippen LogP contribution < -0.4 is 15.4 Å². The molecule has 184 valence electrons. The zero-order valence-corrected chi connectivity index (χ0v) is 20.2. The average Bonchev–Trinajstić information content (AvgIpc) is 3.06. The van der Waals surface area contributed by atoms with E-state index in [0.717, 1.165) is 44.8 Å². The van der Waals surface area contributed by atoms with Gasteiger partial charge in [-0.1, -0.05) is 29.8 Å². The fourth-order valence-electron chi connectivity index (χ4n) is 3.90. The van der Waals surface area contributed by atoms with E-state index in [-0.39, 0.29) is 0 Å². The second-order valence-corrected chi connectivity index (χ2v) is 8.54. The molecule has 10 heteroatoms. The number of hydrogen-bond acceptors (Lipinski definition) is 8. The van der Waals surface area contributed by atoms with Crippen molar-refractivity contribution in [3.8, 4) is 5.75 Å². The predicted molar refractivity (Wildman–Crippen MR) is 135 cm³/mol. The Morgan fingerprint density at radius 2 is 1.94 bits per heavy atom. The molecule has 0 atom stereocenters. The molecule has 0 unspecified atom stereocenters. The van der Waals surface area contributed by atoms with E-state index in [1.165, 1.54) is 17.3 Å². The van der Waals surface area contributed by atoms with Gasteiger partial charge in [-0.3, -0.25) is 0 Å². The van der Waals surface area contributed by atoms with Crippen molar-refractivity contribution in [2.45, 2.75) is 12.8 Å². The first-order valence-corrected chi connectivity index (χ1v) is 11.7. The summed E-state index contributed by atoms with van der Waals surface area (Å²) in [7, 11) is 1.73. The van der Waals surface area contributed by atoms with Crippen LogP contribution in [0.4, 0.5) is 23.1 Å². The van der Waals surface area contributed by atoms with Crippen LogP contribution in [0.5, 0.6) is 5.75 Å². The Hall–Kier alpha value is -3.40. The van der Waals surface area contributed by atoms with Crippen LogP contribution >= 0.6 is 11.6 Å². The molecule has 2 heterocycles. The number of rotatable bonds is 10. The van der Waals surface area contributed by atoms with Crippen LogP contribution in [-0.2, 0) is 22.4 Å². The number of nitrogens with one attached hydrogen (secondary N) is 2. The van der Waals surface area contributed by atoms with Crippen molar-refractivity contribution in [1.82, 2.24) is 14.9 Å². The van der Waals surface area contributed by atoms with Gasteiger partial charge in [0.1, 0.15) is 10.8 Å². The molecular weight excluding hydrogens is 470 g/mol. The van der Waals surface area contributed by atoms with Crippen LogP contribution in [0.2, 0.25) is 5.02 Å². The van der Waals surface area contributed by atoms with Crippen molar-refractivity contribution in [1.29, 1.82) is 0 Å². The SMILES string of the molecule is COCCN1CCc2ccc(Nc3ncc(Cl)c(Nc4ccccc4OCC(=O)O)n3)cc2CC1. The minimum absolute atomic E-state index is 0.321. The molecule has 0 bridgehead atoms. The first-order chi connectivity index (χ1) is 17.0. The Balaban J connectivity index is 1.47. The number of benzene rings is 2. The highest BCUT2D eigenvalue weighted by Crippen LogP contribution is 2.31. The number of nitrogens with zero attached hydrogens (tertiary/aromatic N) is 3. The highest BCUT2D eigenvalue weighted by molar-refractivity contribution is 6.32. The third kappa shape index (κ3) is 6.82. The van der Waals surface area contributed by atoms with Gasteiger partial charge in [-0.2, -0.15) is 4.98 Å². The van der Waals surface area contributed by atoms with E-state index in [0.29, 0.717) is 28.2 Å². The summed E-state index contributed by atoms with van der Waals surface area (Å²) in [5.74, 6) is 0.0781. The quantitative estimate of drug-likeness (QED) is 0.381. The normalized spacial score (nSPS) is 13.5. The maximum atomic E-state index is 10.9. The Morgan fingerprint density at radius 3 is 2.74 bits per heavy atom. The Morgan fingerprint density at radius 1 is 1.14 bits per heavy atom. The molecule has 3 N–H and O–H groups in total. The first-order valence-electron chi connectivity index (χ1n) is 11.3. The maximum Gasteiger partial charge on any atom is 0.341 e. The van der Waals surface area contributed by atoms with Gasteiger partial charge in [0, 0.05) is 32.4 Å². The van der Waals surface area contributed by atoms with Gasteiger partial charge < -0.3 is 30.1 Å². The van der Waals surface area contributed by atoms with E-state index >= 15 is 0 Å². The monoisotopic (exact) mass is 497 g/mol. The van der Waals surface area contributed by atoms with Crippen LogP contribution in [0.25, 0.3) is 0 Å². The standard InChI is InChI=1S/C25H28ClN5O4/c1-34-13-12-31-10-8-17-6-7-19(14-18(17)9-11-31)28-25-27-15-20(26)24(30-25)29-21-4-2-3-5-22(21)35-16-23(32)33/h2-7,14-15H,8-13,16H2,1H3,(H,32,33)(H2,27,28,29,30). The van der Waals surface area contributed by atoms with Gasteiger partial charge in [-0.05, 0) is 48.2 Å². The van der Waals surface area contributed by atoms with Gasteiger partial charge in [0.2, 0.25) is 5.95 Å². The fourth-order valence-corrected chi connectivity index (χ4v) is 4.04. The zero-order chi connectivity index (χ0) is 24.6. The molecule has 0 saturated heterocycles. The number of aliphatic carboxylic acids is 1. The minimum atomic E-state index is -1.06. The van der Waals surface area contributed by atoms with Gasteiger partial charge in [-0.25, -0.2) is 9.78 Å². The lowest BCUT2D eigenvalue weighted by Gasteiger charge is -2.18. The summed E-state index contributed by atoms with van der Waals surface area (Å²) < 4.78 is 10.6. The molecule has 35 heavy (non-hydrogen) atoms. The number of carboxylic acid groups (broad SMARTS) is 1. The number of ether oxygens (including phenoxy) is 2. The Kier molecular flexibility index (Phi) is 8.36. The maximum absolute atomic E-state index is 10.9. The zero-order valence-electron chi connectivity index (χ0n) is 19.5. The largest absolute Gasteiger partial charge is 0.480 e. The molecule has 1 aromatic heterocycles. The lowest BCUT2D eigenvalue weighted by Crippen LogP contribution is -2.29. The van der Waals surface area contributed by atoms with E-state index in [1.807, 2.05) is 6.07 Å². The molecule has 3 aromatic rings. The number of hydrogen-bond donors (Lipinski definition) is 3. The molecule has 0 aliphatic carbocycles. The molecule has 0 saturated carbocycles. The van der Waals surface area contributed by atoms with Gasteiger partial charge in [-0.15, -0.1) is 0 Å². The third-order valence-corrected chi connectivity index (χ3v) is 5.98. The Labute approximate surface area is 209 Å². The first kappa shape index (κ1) is 24.7. The lowest BCUT2D eigenvalue weighted by atomic mass is 10.0. The molecule has 4 rings (SSSR count). The van der Waals surface area contributed by atoms with Crippen LogP contribution in [0.3, 0.4) is 0 Å². The molecule has 0 radical (unpaired) electrons. The summed E-state index contributed by atoms with van der Waals surface area (Å²) in [4.78, 5) is 22.1. The second-order valence-electron chi connectivity index (χ2n) is 8.14. The molecule has 0 spiro atoms. The van der Waals surface area contributed by atoms with E-state index < -0.39 is 12.6 Å². The van der Waals surface area contributed by atoms with E-state index in [4.69, 9.17) is 26.2 Å². The number of fused-ring (bicyclic) bond motifs is 1. The highest BCUT2D eigenvalue weighted by atomic mass is 35.5.